The number of halogens is 1. The van der Waals surface area contributed by atoms with E-state index in [0.29, 0.717) is 10.6 Å². The molecule has 0 saturated carbocycles. The van der Waals surface area contributed by atoms with E-state index in [1.807, 2.05) is 73.0 Å². The number of aryl methyl sites for hydroxylation is 1. The molecule has 0 aliphatic rings. The van der Waals surface area contributed by atoms with Crippen LogP contribution < -0.4 is 0 Å². The van der Waals surface area contributed by atoms with Crippen molar-refractivity contribution >= 4 is 17.6 Å². The Balaban J connectivity index is 1.83. The molecule has 0 aliphatic heterocycles. The summed E-state index contributed by atoms with van der Waals surface area (Å²) in [5, 5.41) is 0.597. The van der Waals surface area contributed by atoms with Crippen LogP contribution >= 0.6 is 11.6 Å². The summed E-state index contributed by atoms with van der Waals surface area (Å²) in [4.78, 5) is 12.5. The Bertz CT molecular complexity index is 869. The van der Waals surface area contributed by atoms with Gasteiger partial charge in [-0.3, -0.25) is 0 Å². The number of hydrogen-bond acceptors (Lipinski definition) is 2. The van der Waals surface area contributed by atoms with Crippen molar-refractivity contribution in [3.8, 4) is 5.69 Å². The van der Waals surface area contributed by atoms with Gasteiger partial charge >= 0.3 is 5.97 Å². The van der Waals surface area contributed by atoms with Gasteiger partial charge in [0.25, 0.3) is 0 Å². The Hall–Kier alpha value is -2.52. The monoisotopic (exact) mass is 339 g/mol. The predicted molar refractivity (Wildman–Crippen MR) is 95.8 cm³/mol. The van der Waals surface area contributed by atoms with Gasteiger partial charge < -0.3 is 9.30 Å². The molecule has 3 rings (SSSR count). The molecule has 0 bridgehead atoms. The fourth-order valence-electron chi connectivity index (χ4n) is 2.78. The number of aromatic nitrogens is 1. The average Bonchev–Trinajstić information content (AvgIpc) is 2.89. The lowest BCUT2D eigenvalue weighted by Crippen LogP contribution is -2.07. The first-order valence-electron chi connectivity index (χ1n) is 7.73. The summed E-state index contributed by atoms with van der Waals surface area (Å²) in [6, 6.07) is 19.2. The molecular formula is C20H18ClNO2. The highest BCUT2D eigenvalue weighted by Crippen LogP contribution is 2.22. The average molecular weight is 340 g/mol. The highest BCUT2D eigenvalue weighted by atomic mass is 35.5. The molecule has 4 heteroatoms. The van der Waals surface area contributed by atoms with Gasteiger partial charge in [0.2, 0.25) is 0 Å². The van der Waals surface area contributed by atoms with E-state index in [1.165, 1.54) is 0 Å². The second-order valence-corrected chi connectivity index (χ2v) is 6.03. The first-order valence-corrected chi connectivity index (χ1v) is 8.10. The van der Waals surface area contributed by atoms with E-state index in [-0.39, 0.29) is 12.6 Å². The molecular weight excluding hydrogens is 322 g/mol. The normalized spacial score (nSPS) is 10.6. The Kier molecular flexibility index (Phi) is 4.72. The quantitative estimate of drug-likeness (QED) is 0.619. The molecule has 24 heavy (non-hydrogen) atoms. The molecule has 1 aromatic heterocycles. The summed E-state index contributed by atoms with van der Waals surface area (Å²) in [7, 11) is 0. The molecule has 0 amide bonds. The minimum Gasteiger partial charge on any atom is -0.457 e. The molecule has 0 radical (unpaired) electrons. The second-order valence-electron chi connectivity index (χ2n) is 5.62. The molecule has 0 aliphatic carbocycles. The van der Waals surface area contributed by atoms with Gasteiger partial charge in [0.1, 0.15) is 6.61 Å². The maximum absolute atomic E-state index is 12.5. The summed E-state index contributed by atoms with van der Waals surface area (Å²) in [6.45, 7) is 4.06. The van der Waals surface area contributed by atoms with Gasteiger partial charge in [0.15, 0.2) is 0 Å². The van der Waals surface area contributed by atoms with Crippen molar-refractivity contribution in [3.05, 3.63) is 88.2 Å². The van der Waals surface area contributed by atoms with E-state index < -0.39 is 0 Å². The Morgan fingerprint density at radius 2 is 1.71 bits per heavy atom. The molecule has 1 heterocycles. The molecule has 0 N–H and O–H groups in total. The van der Waals surface area contributed by atoms with Crippen LogP contribution in [-0.4, -0.2) is 10.5 Å². The Morgan fingerprint density at radius 1 is 1.04 bits per heavy atom. The zero-order valence-electron chi connectivity index (χ0n) is 13.6. The Labute approximate surface area is 146 Å². The number of hydrogen-bond donors (Lipinski definition) is 0. The molecule has 2 aromatic carbocycles. The largest absolute Gasteiger partial charge is 0.457 e. The van der Waals surface area contributed by atoms with Crippen LogP contribution in [0.15, 0.2) is 60.7 Å². The molecule has 0 atom stereocenters. The highest BCUT2D eigenvalue weighted by Gasteiger charge is 2.18. The molecule has 0 fully saturated rings. The van der Waals surface area contributed by atoms with Crippen molar-refractivity contribution in [2.75, 3.05) is 0 Å². The van der Waals surface area contributed by atoms with Gasteiger partial charge in [0, 0.05) is 27.7 Å². The van der Waals surface area contributed by atoms with Gasteiger partial charge in [-0.2, -0.15) is 0 Å². The van der Waals surface area contributed by atoms with E-state index in [4.69, 9.17) is 16.3 Å². The van der Waals surface area contributed by atoms with Crippen molar-refractivity contribution in [1.82, 2.24) is 4.57 Å². The van der Waals surface area contributed by atoms with Crippen molar-refractivity contribution in [2.24, 2.45) is 0 Å². The smallest absolute Gasteiger partial charge is 0.340 e. The van der Waals surface area contributed by atoms with E-state index >= 15 is 0 Å². The fraction of sp³-hybridized carbons (Fsp3) is 0.150. The van der Waals surface area contributed by atoms with Crippen molar-refractivity contribution in [3.63, 3.8) is 0 Å². The number of esters is 1. The maximum atomic E-state index is 12.5. The first-order chi connectivity index (χ1) is 11.6. The number of rotatable bonds is 4. The molecule has 0 saturated heterocycles. The van der Waals surface area contributed by atoms with E-state index in [0.717, 1.165) is 22.6 Å². The minimum atomic E-state index is -0.342. The van der Waals surface area contributed by atoms with Crippen LogP contribution in [0, 0.1) is 13.8 Å². The lowest BCUT2D eigenvalue weighted by Gasteiger charge is -2.10. The van der Waals surface area contributed by atoms with Crippen LogP contribution in [0.4, 0.5) is 0 Å². The number of ether oxygens (including phenoxy) is 1. The third-order valence-electron chi connectivity index (χ3n) is 3.98. The fourth-order valence-corrected chi connectivity index (χ4v) is 2.97. The maximum Gasteiger partial charge on any atom is 0.340 e. The molecule has 0 spiro atoms. The van der Waals surface area contributed by atoms with Gasteiger partial charge in [-0.05, 0) is 38.1 Å². The van der Waals surface area contributed by atoms with Crippen LogP contribution in [0.2, 0.25) is 5.02 Å². The number of carbonyl (C=O) groups is 1. The van der Waals surface area contributed by atoms with E-state index in [9.17, 15) is 4.79 Å². The number of carbonyl (C=O) groups excluding carboxylic acids is 1. The highest BCUT2D eigenvalue weighted by molar-refractivity contribution is 6.31. The van der Waals surface area contributed by atoms with Crippen LogP contribution in [0.3, 0.4) is 0 Å². The van der Waals surface area contributed by atoms with Gasteiger partial charge in [0.05, 0.1) is 5.56 Å². The van der Waals surface area contributed by atoms with Crippen molar-refractivity contribution in [2.45, 2.75) is 20.5 Å². The molecule has 122 valence electrons. The van der Waals surface area contributed by atoms with Crippen molar-refractivity contribution < 1.29 is 9.53 Å². The summed E-state index contributed by atoms with van der Waals surface area (Å²) in [5.41, 5.74) is 4.25. The van der Waals surface area contributed by atoms with Crippen LogP contribution in [-0.2, 0) is 11.3 Å². The second kappa shape index (κ2) is 6.93. The number of benzene rings is 2. The standard InChI is InChI=1S/C20H18ClNO2/c1-14-12-18(15(2)22(14)17-9-4-3-5-10-17)20(23)24-13-16-8-6-7-11-19(16)21/h3-12H,13H2,1-2H3. The summed E-state index contributed by atoms with van der Waals surface area (Å²) < 4.78 is 7.49. The lowest BCUT2D eigenvalue weighted by molar-refractivity contribution is 0.0472. The molecule has 0 unspecified atom stereocenters. The number of para-hydroxylation sites is 1. The third-order valence-corrected chi connectivity index (χ3v) is 4.35. The topological polar surface area (TPSA) is 31.2 Å². The zero-order chi connectivity index (χ0) is 17.1. The Morgan fingerprint density at radius 3 is 2.42 bits per heavy atom. The molecule has 3 nitrogen and oxygen atoms in total. The summed E-state index contributed by atoms with van der Waals surface area (Å²) >= 11 is 6.10. The zero-order valence-corrected chi connectivity index (χ0v) is 14.4. The van der Waals surface area contributed by atoms with Crippen LogP contribution in [0.25, 0.3) is 5.69 Å². The van der Waals surface area contributed by atoms with Gasteiger partial charge in [-0.15, -0.1) is 0 Å². The van der Waals surface area contributed by atoms with Crippen LogP contribution in [0.1, 0.15) is 27.3 Å². The predicted octanol–water partition coefficient (Wildman–Crippen LogP) is 5.10. The van der Waals surface area contributed by atoms with Gasteiger partial charge in [-0.25, -0.2) is 4.79 Å². The summed E-state index contributed by atoms with van der Waals surface area (Å²) in [5.74, 6) is -0.342. The number of nitrogens with zero attached hydrogens (tertiary/aromatic N) is 1. The van der Waals surface area contributed by atoms with E-state index in [1.54, 1.807) is 6.07 Å². The van der Waals surface area contributed by atoms with Crippen LogP contribution in [0.5, 0.6) is 0 Å². The SMILES string of the molecule is Cc1cc(C(=O)OCc2ccccc2Cl)c(C)n1-c1ccccc1. The molecule has 3 aromatic rings. The van der Waals surface area contributed by atoms with Crippen molar-refractivity contribution in [1.29, 1.82) is 0 Å². The summed E-state index contributed by atoms with van der Waals surface area (Å²) in [6.07, 6.45) is 0. The van der Waals surface area contributed by atoms with Gasteiger partial charge in [-0.1, -0.05) is 48.0 Å². The minimum absolute atomic E-state index is 0.160. The first kappa shape index (κ1) is 16.3. The third kappa shape index (κ3) is 3.22. The van der Waals surface area contributed by atoms with E-state index in [2.05, 4.69) is 0 Å². The lowest BCUT2D eigenvalue weighted by atomic mass is 10.2.